The van der Waals surface area contributed by atoms with Crippen molar-refractivity contribution >= 4 is 11.9 Å². The van der Waals surface area contributed by atoms with Crippen molar-refractivity contribution in [1.82, 2.24) is 9.78 Å². The number of benzene rings is 1. The molecule has 1 aromatic heterocycles. The Kier molecular flexibility index (Phi) is 3.86. The number of ketones is 1. The number of rotatable bonds is 4. The van der Waals surface area contributed by atoms with Crippen LogP contribution < -0.4 is 0 Å². The smallest absolute Gasteiger partial charge is 0.188 e. The standard InChI is InChI=1S/C15H14N2O/c1-17-12-14(11-16-17)15(18)10-6-5-9-13-7-3-2-4-8-13/h2-12H,1H3. The van der Waals surface area contributed by atoms with Crippen LogP contribution in [-0.4, -0.2) is 15.6 Å². The van der Waals surface area contributed by atoms with E-state index < -0.39 is 0 Å². The molecule has 1 heterocycles. The molecule has 0 spiro atoms. The van der Waals surface area contributed by atoms with Gasteiger partial charge in [0.1, 0.15) is 0 Å². The summed E-state index contributed by atoms with van der Waals surface area (Å²) in [6, 6.07) is 9.94. The fourth-order valence-electron chi connectivity index (χ4n) is 1.52. The van der Waals surface area contributed by atoms with E-state index in [0.717, 1.165) is 5.56 Å². The molecule has 0 unspecified atom stereocenters. The van der Waals surface area contributed by atoms with Gasteiger partial charge in [-0.25, -0.2) is 0 Å². The summed E-state index contributed by atoms with van der Waals surface area (Å²) in [5.74, 6) is -0.0409. The predicted molar refractivity (Wildman–Crippen MR) is 72.2 cm³/mol. The molecule has 0 saturated carbocycles. The summed E-state index contributed by atoms with van der Waals surface area (Å²) in [6.45, 7) is 0. The summed E-state index contributed by atoms with van der Waals surface area (Å²) in [5, 5.41) is 3.96. The van der Waals surface area contributed by atoms with Crippen LogP contribution in [0.5, 0.6) is 0 Å². The zero-order chi connectivity index (χ0) is 12.8. The van der Waals surface area contributed by atoms with E-state index in [4.69, 9.17) is 0 Å². The molecule has 0 fully saturated rings. The van der Waals surface area contributed by atoms with Gasteiger partial charge >= 0.3 is 0 Å². The predicted octanol–water partition coefficient (Wildman–Crippen LogP) is 2.87. The molecule has 0 amide bonds. The third kappa shape index (κ3) is 3.28. The Hall–Kier alpha value is -2.42. The number of carbonyl (C=O) groups is 1. The van der Waals surface area contributed by atoms with Gasteiger partial charge in [-0.2, -0.15) is 5.10 Å². The topological polar surface area (TPSA) is 34.9 Å². The number of aryl methyl sites for hydroxylation is 1. The summed E-state index contributed by atoms with van der Waals surface area (Å²) in [7, 11) is 1.79. The first kappa shape index (κ1) is 12.0. The van der Waals surface area contributed by atoms with E-state index in [1.165, 1.54) is 6.08 Å². The second-order valence-corrected chi connectivity index (χ2v) is 3.90. The fourth-order valence-corrected chi connectivity index (χ4v) is 1.52. The largest absolute Gasteiger partial charge is 0.289 e. The maximum Gasteiger partial charge on any atom is 0.188 e. The molecule has 2 rings (SSSR count). The van der Waals surface area contributed by atoms with Gasteiger partial charge in [0.05, 0.1) is 11.8 Å². The molecule has 3 nitrogen and oxygen atoms in total. The molecule has 0 atom stereocenters. The van der Waals surface area contributed by atoms with Crippen LogP contribution in [0, 0.1) is 0 Å². The van der Waals surface area contributed by atoms with Gasteiger partial charge in [0, 0.05) is 13.2 Å². The van der Waals surface area contributed by atoms with E-state index in [-0.39, 0.29) is 5.78 Å². The zero-order valence-corrected chi connectivity index (χ0v) is 10.2. The second-order valence-electron chi connectivity index (χ2n) is 3.90. The van der Waals surface area contributed by atoms with Gasteiger partial charge in [0.15, 0.2) is 5.78 Å². The van der Waals surface area contributed by atoms with Crippen molar-refractivity contribution < 1.29 is 4.79 Å². The summed E-state index contributed by atoms with van der Waals surface area (Å²) < 4.78 is 1.61. The molecule has 0 aliphatic heterocycles. The summed E-state index contributed by atoms with van der Waals surface area (Å²) in [5.41, 5.74) is 1.71. The van der Waals surface area contributed by atoms with E-state index in [2.05, 4.69) is 5.10 Å². The zero-order valence-electron chi connectivity index (χ0n) is 10.2. The van der Waals surface area contributed by atoms with E-state index in [0.29, 0.717) is 5.56 Å². The lowest BCUT2D eigenvalue weighted by Crippen LogP contribution is -1.91. The molecule has 0 aliphatic carbocycles. The van der Waals surface area contributed by atoms with Crippen LogP contribution in [-0.2, 0) is 7.05 Å². The Bertz CT molecular complexity index is 580. The number of carbonyl (C=O) groups excluding carboxylic acids is 1. The molecule has 1 aromatic carbocycles. The van der Waals surface area contributed by atoms with Gasteiger partial charge in [0.25, 0.3) is 0 Å². The highest BCUT2D eigenvalue weighted by Gasteiger charge is 2.02. The Labute approximate surface area is 106 Å². The van der Waals surface area contributed by atoms with E-state index >= 15 is 0 Å². The number of aromatic nitrogens is 2. The number of hydrogen-bond acceptors (Lipinski definition) is 2. The van der Waals surface area contributed by atoms with Crippen molar-refractivity contribution in [3.8, 4) is 0 Å². The minimum absolute atomic E-state index is 0.0409. The lowest BCUT2D eigenvalue weighted by molar-refractivity contribution is 0.104. The normalized spacial score (nSPS) is 11.4. The van der Waals surface area contributed by atoms with Gasteiger partial charge in [-0.05, 0) is 11.6 Å². The van der Waals surface area contributed by atoms with Crippen molar-refractivity contribution in [3.63, 3.8) is 0 Å². The second kappa shape index (κ2) is 5.77. The summed E-state index contributed by atoms with van der Waals surface area (Å²) >= 11 is 0. The maximum absolute atomic E-state index is 11.7. The van der Waals surface area contributed by atoms with Gasteiger partial charge in [-0.1, -0.05) is 48.6 Å². The van der Waals surface area contributed by atoms with Crippen LogP contribution in [0.2, 0.25) is 0 Å². The van der Waals surface area contributed by atoms with Crippen molar-refractivity contribution in [1.29, 1.82) is 0 Å². The van der Waals surface area contributed by atoms with Gasteiger partial charge in [0.2, 0.25) is 0 Å². The Balaban J connectivity index is 1.96. The van der Waals surface area contributed by atoms with Crippen LogP contribution >= 0.6 is 0 Å². The van der Waals surface area contributed by atoms with Crippen LogP contribution in [0.3, 0.4) is 0 Å². The van der Waals surface area contributed by atoms with Crippen molar-refractivity contribution in [3.05, 3.63) is 72.1 Å². The Morgan fingerprint density at radius 2 is 2.00 bits per heavy atom. The fraction of sp³-hybridized carbons (Fsp3) is 0.0667. The first-order chi connectivity index (χ1) is 8.75. The third-order valence-electron chi connectivity index (χ3n) is 2.44. The third-order valence-corrected chi connectivity index (χ3v) is 2.44. The quantitative estimate of drug-likeness (QED) is 0.466. The molecular formula is C15H14N2O. The molecule has 0 saturated heterocycles. The number of allylic oxidation sites excluding steroid dienone is 3. The molecule has 0 bridgehead atoms. The van der Waals surface area contributed by atoms with Crippen LogP contribution in [0.25, 0.3) is 6.08 Å². The Morgan fingerprint density at radius 1 is 1.22 bits per heavy atom. The van der Waals surface area contributed by atoms with Gasteiger partial charge in [-0.15, -0.1) is 0 Å². The monoisotopic (exact) mass is 238 g/mol. The van der Waals surface area contributed by atoms with Crippen LogP contribution in [0.15, 0.2) is 61.0 Å². The highest BCUT2D eigenvalue weighted by atomic mass is 16.1. The average molecular weight is 238 g/mol. The van der Waals surface area contributed by atoms with Gasteiger partial charge in [-0.3, -0.25) is 9.48 Å². The van der Waals surface area contributed by atoms with Crippen molar-refractivity contribution in [2.24, 2.45) is 7.05 Å². The molecule has 0 radical (unpaired) electrons. The van der Waals surface area contributed by atoms with E-state index in [1.807, 2.05) is 42.5 Å². The average Bonchev–Trinajstić information content (AvgIpc) is 2.82. The highest BCUT2D eigenvalue weighted by molar-refractivity contribution is 6.04. The molecule has 90 valence electrons. The molecule has 3 heteroatoms. The molecule has 0 N–H and O–H groups in total. The first-order valence-electron chi connectivity index (χ1n) is 5.68. The molecule has 18 heavy (non-hydrogen) atoms. The van der Waals surface area contributed by atoms with Crippen LogP contribution in [0.1, 0.15) is 15.9 Å². The highest BCUT2D eigenvalue weighted by Crippen LogP contribution is 2.02. The van der Waals surface area contributed by atoms with Gasteiger partial charge < -0.3 is 0 Å². The van der Waals surface area contributed by atoms with E-state index in [9.17, 15) is 4.79 Å². The molecule has 0 aliphatic rings. The summed E-state index contributed by atoms with van der Waals surface area (Å²) in [6.07, 6.45) is 10.3. The van der Waals surface area contributed by atoms with E-state index in [1.54, 1.807) is 30.2 Å². The molecule has 2 aromatic rings. The summed E-state index contributed by atoms with van der Waals surface area (Å²) in [4.78, 5) is 11.7. The van der Waals surface area contributed by atoms with Crippen molar-refractivity contribution in [2.75, 3.05) is 0 Å². The molecular weight excluding hydrogens is 224 g/mol. The lowest BCUT2D eigenvalue weighted by atomic mass is 10.2. The van der Waals surface area contributed by atoms with Crippen LogP contribution in [0.4, 0.5) is 0 Å². The lowest BCUT2D eigenvalue weighted by Gasteiger charge is -1.89. The number of nitrogens with zero attached hydrogens (tertiary/aromatic N) is 2. The maximum atomic E-state index is 11.7. The van der Waals surface area contributed by atoms with Crippen molar-refractivity contribution in [2.45, 2.75) is 0 Å². The Morgan fingerprint density at radius 3 is 2.67 bits per heavy atom. The number of hydrogen-bond donors (Lipinski definition) is 0. The minimum Gasteiger partial charge on any atom is -0.289 e. The first-order valence-corrected chi connectivity index (χ1v) is 5.68. The SMILES string of the molecule is Cn1cc(C(=O)C=CC=Cc2ccccc2)cn1. The minimum atomic E-state index is -0.0409.